The first-order chi connectivity index (χ1) is 13.0. The Labute approximate surface area is 157 Å². The molecular formula is C20H17NO5S. The highest BCUT2D eigenvalue weighted by atomic mass is 32.2. The third kappa shape index (κ3) is 2.94. The molecule has 0 saturated carbocycles. The lowest BCUT2D eigenvalue weighted by Gasteiger charge is -2.31. The van der Waals surface area contributed by atoms with Gasteiger partial charge >= 0.3 is 0 Å². The molecule has 2 heterocycles. The molecule has 0 fully saturated rings. The van der Waals surface area contributed by atoms with E-state index in [1.807, 2.05) is 30.3 Å². The van der Waals surface area contributed by atoms with Crippen LogP contribution in [0, 0.1) is 0 Å². The SMILES string of the molecule is O=C1/C(=C\C2=Cc3ccccc3OC2)N(CCO)S(=O)(=O)c2ccccc21. The number of ketones is 1. The van der Waals surface area contributed by atoms with Crippen LogP contribution < -0.4 is 4.74 Å². The third-order valence-electron chi connectivity index (χ3n) is 4.48. The topological polar surface area (TPSA) is 83.9 Å². The van der Waals surface area contributed by atoms with Crippen molar-refractivity contribution >= 4 is 21.9 Å². The summed E-state index contributed by atoms with van der Waals surface area (Å²) in [7, 11) is -3.92. The van der Waals surface area contributed by atoms with Crippen molar-refractivity contribution < 1.29 is 23.1 Å². The fourth-order valence-corrected chi connectivity index (χ4v) is 4.88. The summed E-state index contributed by atoms with van der Waals surface area (Å²) in [6, 6.07) is 13.6. The van der Waals surface area contributed by atoms with Crippen LogP contribution in [0.4, 0.5) is 0 Å². The Morgan fingerprint density at radius 2 is 1.85 bits per heavy atom. The molecular weight excluding hydrogens is 366 g/mol. The minimum Gasteiger partial charge on any atom is -0.488 e. The van der Waals surface area contributed by atoms with Crippen LogP contribution in [0.2, 0.25) is 0 Å². The Bertz CT molecular complexity index is 1090. The van der Waals surface area contributed by atoms with Crippen LogP contribution in [0.1, 0.15) is 15.9 Å². The van der Waals surface area contributed by atoms with Crippen LogP contribution in [0.25, 0.3) is 6.08 Å². The van der Waals surface area contributed by atoms with Crippen molar-refractivity contribution in [2.45, 2.75) is 4.90 Å². The maximum atomic E-state index is 13.0. The van der Waals surface area contributed by atoms with Crippen LogP contribution in [0.3, 0.4) is 0 Å². The number of hydrogen-bond acceptors (Lipinski definition) is 5. The molecule has 138 valence electrons. The van der Waals surface area contributed by atoms with E-state index >= 15 is 0 Å². The summed E-state index contributed by atoms with van der Waals surface area (Å²) in [5.74, 6) is 0.341. The van der Waals surface area contributed by atoms with Gasteiger partial charge in [-0.05, 0) is 35.9 Å². The minimum absolute atomic E-state index is 0.0111. The number of carbonyl (C=O) groups excluding carboxylic acids is 1. The Morgan fingerprint density at radius 1 is 1.11 bits per heavy atom. The molecule has 0 atom stereocenters. The normalized spacial score (nSPS) is 19.1. The predicted octanol–water partition coefficient (Wildman–Crippen LogP) is 2.23. The van der Waals surface area contributed by atoms with Gasteiger partial charge in [-0.15, -0.1) is 0 Å². The van der Waals surface area contributed by atoms with Gasteiger partial charge in [-0.3, -0.25) is 9.10 Å². The Hall–Kier alpha value is -2.90. The van der Waals surface area contributed by atoms with Gasteiger partial charge in [0, 0.05) is 11.1 Å². The second-order valence-corrected chi connectivity index (χ2v) is 8.03. The summed E-state index contributed by atoms with van der Waals surface area (Å²) in [5, 5.41) is 9.35. The molecule has 0 aliphatic carbocycles. The van der Waals surface area contributed by atoms with Crippen LogP contribution in [0.15, 0.2) is 70.8 Å². The van der Waals surface area contributed by atoms with E-state index in [0.717, 1.165) is 15.6 Å². The molecule has 2 aliphatic heterocycles. The largest absolute Gasteiger partial charge is 0.488 e. The number of Topliss-reactive ketones (excluding diaryl/α,β-unsaturated/α-hetero) is 1. The molecule has 27 heavy (non-hydrogen) atoms. The molecule has 0 aromatic heterocycles. The van der Waals surface area contributed by atoms with Gasteiger partial charge < -0.3 is 9.84 Å². The smallest absolute Gasteiger partial charge is 0.265 e. The van der Waals surface area contributed by atoms with Crippen LogP contribution >= 0.6 is 0 Å². The summed E-state index contributed by atoms with van der Waals surface area (Å²) in [4.78, 5) is 12.9. The van der Waals surface area contributed by atoms with Crippen molar-refractivity contribution in [3.05, 3.63) is 77.0 Å². The van der Waals surface area contributed by atoms with E-state index in [2.05, 4.69) is 0 Å². The highest BCUT2D eigenvalue weighted by Crippen LogP contribution is 2.33. The zero-order valence-electron chi connectivity index (χ0n) is 14.3. The lowest BCUT2D eigenvalue weighted by atomic mass is 10.0. The number of allylic oxidation sites excluding steroid dienone is 1. The Morgan fingerprint density at radius 3 is 2.67 bits per heavy atom. The summed E-state index contributed by atoms with van der Waals surface area (Å²) in [6.07, 6.45) is 3.39. The molecule has 6 nitrogen and oxygen atoms in total. The van der Waals surface area contributed by atoms with E-state index in [-0.39, 0.29) is 29.3 Å². The average molecular weight is 383 g/mol. The molecule has 0 bridgehead atoms. The standard InChI is InChI=1S/C20H17NO5S/c22-10-9-21-17(12-14-11-15-5-1-3-7-18(15)26-13-14)20(23)16-6-2-4-8-19(16)27(21,24)25/h1-8,11-12,22H,9-10,13H2/b17-12+. The number of ether oxygens (including phenoxy) is 1. The highest BCUT2D eigenvalue weighted by Gasteiger charge is 2.39. The van der Waals surface area contributed by atoms with Gasteiger partial charge in [0.05, 0.1) is 18.0 Å². The number of sulfonamides is 1. The van der Waals surface area contributed by atoms with E-state index < -0.39 is 22.4 Å². The van der Waals surface area contributed by atoms with E-state index in [4.69, 9.17) is 4.74 Å². The van der Waals surface area contributed by atoms with Gasteiger partial charge in [0.2, 0.25) is 5.78 Å². The first-order valence-electron chi connectivity index (χ1n) is 8.44. The number of β-amino-alcohol motifs (C(OH)–C–C–N with tert-alkyl or cyclic N) is 1. The van der Waals surface area contributed by atoms with Gasteiger partial charge in [0.25, 0.3) is 10.0 Å². The van der Waals surface area contributed by atoms with Crippen molar-refractivity contribution in [1.29, 1.82) is 0 Å². The van der Waals surface area contributed by atoms with E-state index in [0.29, 0.717) is 5.57 Å². The van der Waals surface area contributed by atoms with E-state index in [1.54, 1.807) is 12.1 Å². The summed E-state index contributed by atoms with van der Waals surface area (Å²) >= 11 is 0. The van der Waals surface area contributed by atoms with Crippen molar-refractivity contribution in [3.63, 3.8) is 0 Å². The number of carbonyl (C=O) groups is 1. The number of benzene rings is 2. The molecule has 2 aromatic rings. The Balaban J connectivity index is 1.85. The van der Waals surface area contributed by atoms with E-state index in [9.17, 15) is 18.3 Å². The summed E-state index contributed by atoms with van der Waals surface area (Å²) < 4.78 is 32.6. The van der Waals surface area contributed by atoms with Crippen LogP contribution in [0.5, 0.6) is 5.75 Å². The van der Waals surface area contributed by atoms with Gasteiger partial charge in [-0.25, -0.2) is 8.42 Å². The third-order valence-corrected chi connectivity index (χ3v) is 6.35. The van der Waals surface area contributed by atoms with Crippen LogP contribution in [-0.4, -0.2) is 43.4 Å². The lowest BCUT2D eigenvalue weighted by Crippen LogP contribution is -2.40. The molecule has 7 heteroatoms. The molecule has 1 N–H and O–H groups in total. The molecule has 2 aliphatic rings. The van der Waals surface area contributed by atoms with Crippen molar-refractivity contribution in [2.75, 3.05) is 19.8 Å². The van der Waals surface area contributed by atoms with Crippen molar-refractivity contribution in [3.8, 4) is 5.75 Å². The fourth-order valence-electron chi connectivity index (χ4n) is 3.24. The number of para-hydroxylation sites is 1. The summed E-state index contributed by atoms with van der Waals surface area (Å²) in [5.41, 5.74) is 1.68. The molecule has 0 saturated heterocycles. The molecule has 0 spiro atoms. The lowest BCUT2D eigenvalue weighted by molar-refractivity contribution is 0.0996. The van der Waals surface area contributed by atoms with Gasteiger partial charge in [0.1, 0.15) is 18.1 Å². The average Bonchev–Trinajstić information content (AvgIpc) is 2.69. The quantitative estimate of drug-likeness (QED) is 0.822. The number of rotatable bonds is 3. The first-order valence-corrected chi connectivity index (χ1v) is 9.88. The number of fused-ring (bicyclic) bond motifs is 2. The zero-order chi connectivity index (χ0) is 19.0. The maximum absolute atomic E-state index is 13.0. The first kappa shape index (κ1) is 17.5. The van der Waals surface area contributed by atoms with Crippen molar-refractivity contribution in [1.82, 2.24) is 4.31 Å². The second kappa shape index (κ2) is 6.68. The van der Waals surface area contributed by atoms with Crippen LogP contribution in [-0.2, 0) is 10.0 Å². The number of nitrogens with zero attached hydrogens (tertiary/aromatic N) is 1. The summed E-state index contributed by atoms with van der Waals surface area (Å²) in [6.45, 7) is -0.369. The van der Waals surface area contributed by atoms with Gasteiger partial charge in [-0.2, -0.15) is 0 Å². The predicted molar refractivity (Wildman–Crippen MR) is 99.7 cm³/mol. The highest BCUT2D eigenvalue weighted by molar-refractivity contribution is 7.89. The molecule has 0 radical (unpaired) electrons. The Kier molecular flexibility index (Phi) is 4.33. The minimum atomic E-state index is -3.92. The molecule has 4 rings (SSSR count). The number of aliphatic hydroxyl groups is 1. The van der Waals surface area contributed by atoms with Crippen molar-refractivity contribution in [2.24, 2.45) is 0 Å². The molecule has 0 amide bonds. The van der Waals surface area contributed by atoms with Gasteiger partial charge in [0.15, 0.2) is 0 Å². The monoisotopic (exact) mass is 383 g/mol. The van der Waals surface area contributed by atoms with E-state index in [1.165, 1.54) is 18.2 Å². The zero-order valence-corrected chi connectivity index (χ0v) is 15.1. The van der Waals surface area contributed by atoms with Gasteiger partial charge in [-0.1, -0.05) is 30.3 Å². The fraction of sp³-hybridized carbons (Fsp3) is 0.150. The second-order valence-electron chi connectivity index (χ2n) is 6.20. The number of hydrogen-bond donors (Lipinski definition) is 1. The molecule has 2 aromatic carbocycles. The molecule has 0 unspecified atom stereocenters. The maximum Gasteiger partial charge on any atom is 0.265 e. The number of aliphatic hydroxyl groups excluding tert-OH is 1.